The lowest BCUT2D eigenvalue weighted by molar-refractivity contribution is 0.677. The van der Waals surface area contributed by atoms with Crippen molar-refractivity contribution in [3.8, 4) is 0 Å². The van der Waals surface area contributed by atoms with Gasteiger partial charge in [-0.3, -0.25) is 0 Å². The van der Waals surface area contributed by atoms with Gasteiger partial charge in [0.2, 0.25) is 0 Å². The molecular weight excluding hydrogens is 379 g/mol. The van der Waals surface area contributed by atoms with Gasteiger partial charge in [0.05, 0.1) is 0 Å². The molecule has 0 aromatic heterocycles. The first-order valence-electron chi connectivity index (χ1n) is 11.5. The zero-order chi connectivity index (χ0) is 22.0. The van der Waals surface area contributed by atoms with Gasteiger partial charge >= 0.3 is 0 Å². The Hall–Kier alpha value is -1.65. The number of hydrogen-bond acceptors (Lipinski definition) is 0. The molecule has 158 valence electrons. The van der Waals surface area contributed by atoms with E-state index in [1.165, 1.54) is 27.5 Å². The summed E-state index contributed by atoms with van der Waals surface area (Å²) >= 11 is 0. The van der Waals surface area contributed by atoms with E-state index in [1.807, 2.05) is 0 Å². The van der Waals surface area contributed by atoms with E-state index in [1.54, 1.807) is 16.4 Å². The SMILES string of the molecule is Cc1ccc2c3c(cccc13)C(C)(C)P(c1c(C(C)C)cccc1C(C)C)C2(C)C. The van der Waals surface area contributed by atoms with Gasteiger partial charge in [-0.1, -0.05) is 112 Å². The van der Waals surface area contributed by atoms with E-state index in [0.717, 1.165) is 0 Å². The molecule has 4 rings (SSSR count). The first kappa shape index (κ1) is 21.6. The summed E-state index contributed by atoms with van der Waals surface area (Å²) in [6.45, 7) is 21.8. The predicted octanol–water partition coefficient (Wildman–Crippen LogP) is 8.69. The lowest BCUT2D eigenvalue weighted by Gasteiger charge is -2.52. The molecule has 0 saturated carbocycles. The summed E-state index contributed by atoms with van der Waals surface area (Å²) in [5.41, 5.74) is 7.57. The van der Waals surface area contributed by atoms with Gasteiger partial charge in [0.25, 0.3) is 0 Å². The molecule has 0 amide bonds. The van der Waals surface area contributed by atoms with E-state index in [0.29, 0.717) is 11.8 Å². The Morgan fingerprint density at radius 2 is 1.17 bits per heavy atom. The number of hydrogen-bond donors (Lipinski definition) is 0. The molecule has 1 heterocycles. The third-order valence-corrected chi connectivity index (χ3v) is 10.9. The summed E-state index contributed by atoms with van der Waals surface area (Å²) in [6.07, 6.45) is 0. The molecule has 3 aromatic carbocycles. The first-order valence-corrected chi connectivity index (χ1v) is 12.8. The van der Waals surface area contributed by atoms with E-state index in [-0.39, 0.29) is 10.3 Å². The van der Waals surface area contributed by atoms with Gasteiger partial charge in [-0.2, -0.15) is 0 Å². The molecule has 1 atom stereocenters. The van der Waals surface area contributed by atoms with Crippen LogP contribution in [0.3, 0.4) is 0 Å². The van der Waals surface area contributed by atoms with Gasteiger partial charge < -0.3 is 0 Å². The minimum Gasteiger partial charge on any atom is -0.0617 e. The van der Waals surface area contributed by atoms with Crippen LogP contribution in [-0.2, 0) is 10.3 Å². The van der Waals surface area contributed by atoms with E-state index >= 15 is 0 Å². The lowest BCUT2D eigenvalue weighted by Crippen LogP contribution is -2.38. The van der Waals surface area contributed by atoms with Gasteiger partial charge in [-0.25, -0.2) is 0 Å². The van der Waals surface area contributed by atoms with E-state index in [2.05, 4.69) is 111 Å². The van der Waals surface area contributed by atoms with Gasteiger partial charge in [0, 0.05) is 10.3 Å². The van der Waals surface area contributed by atoms with Gasteiger partial charge in [-0.05, 0) is 62.7 Å². The molecule has 3 aromatic rings. The van der Waals surface area contributed by atoms with Crippen LogP contribution in [0.2, 0.25) is 0 Å². The molecule has 1 heteroatoms. The molecule has 0 bridgehead atoms. The van der Waals surface area contributed by atoms with Crippen molar-refractivity contribution in [2.45, 2.75) is 84.5 Å². The van der Waals surface area contributed by atoms with E-state index in [9.17, 15) is 0 Å². The second-order valence-electron chi connectivity index (χ2n) is 10.7. The maximum absolute atomic E-state index is 2.52. The van der Waals surface area contributed by atoms with Crippen molar-refractivity contribution < 1.29 is 0 Å². The van der Waals surface area contributed by atoms with Crippen molar-refractivity contribution >= 4 is 24.0 Å². The van der Waals surface area contributed by atoms with Crippen LogP contribution in [0.1, 0.15) is 95.0 Å². The maximum Gasteiger partial charge on any atom is 0.0153 e. The Balaban J connectivity index is 2.13. The first-order chi connectivity index (χ1) is 14.0. The Bertz CT molecular complexity index is 1070. The summed E-state index contributed by atoms with van der Waals surface area (Å²) in [7, 11) is -0.482. The minimum absolute atomic E-state index is 0.105. The highest BCUT2D eigenvalue weighted by atomic mass is 31.1. The molecule has 0 nitrogen and oxygen atoms in total. The van der Waals surface area contributed by atoms with Gasteiger partial charge in [-0.15, -0.1) is 0 Å². The molecule has 1 aliphatic rings. The smallest absolute Gasteiger partial charge is 0.0153 e. The number of rotatable bonds is 3. The maximum atomic E-state index is 2.52. The summed E-state index contributed by atoms with van der Waals surface area (Å²) < 4.78 is 0. The largest absolute Gasteiger partial charge is 0.0617 e. The van der Waals surface area contributed by atoms with Crippen LogP contribution >= 0.6 is 7.92 Å². The highest BCUT2D eigenvalue weighted by Gasteiger charge is 2.49. The third kappa shape index (κ3) is 2.98. The van der Waals surface area contributed by atoms with Crippen molar-refractivity contribution in [1.29, 1.82) is 0 Å². The molecule has 0 fully saturated rings. The summed E-state index contributed by atoms with van der Waals surface area (Å²) in [4.78, 5) is 0. The van der Waals surface area contributed by atoms with Crippen LogP contribution in [0.5, 0.6) is 0 Å². The monoisotopic (exact) mass is 416 g/mol. The van der Waals surface area contributed by atoms with E-state index < -0.39 is 7.92 Å². The zero-order valence-corrected chi connectivity index (χ0v) is 21.1. The quantitative estimate of drug-likeness (QED) is 0.375. The molecule has 0 aliphatic carbocycles. The second kappa shape index (κ2) is 7.20. The molecule has 0 spiro atoms. The number of benzene rings is 3. The molecule has 0 saturated heterocycles. The summed E-state index contributed by atoms with van der Waals surface area (Å²) in [5.74, 6) is 1.06. The fourth-order valence-corrected chi connectivity index (χ4v) is 10.4. The Morgan fingerprint density at radius 1 is 0.667 bits per heavy atom. The number of aryl methyl sites for hydroxylation is 1. The van der Waals surface area contributed by atoms with Crippen molar-refractivity contribution in [2.24, 2.45) is 0 Å². The zero-order valence-electron chi connectivity index (χ0n) is 20.2. The van der Waals surface area contributed by atoms with Crippen LogP contribution in [0, 0.1) is 6.92 Å². The molecular formula is C29H37P. The summed E-state index contributed by atoms with van der Waals surface area (Å²) in [6, 6.07) is 18.8. The van der Waals surface area contributed by atoms with Crippen molar-refractivity contribution in [3.05, 3.63) is 76.3 Å². The molecule has 30 heavy (non-hydrogen) atoms. The van der Waals surface area contributed by atoms with Crippen LogP contribution in [0.4, 0.5) is 0 Å². The molecule has 1 unspecified atom stereocenters. The average molecular weight is 417 g/mol. The topological polar surface area (TPSA) is 0 Å². The van der Waals surface area contributed by atoms with Crippen molar-refractivity contribution in [3.63, 3.8) is 0 Å². The fourth-order valence-electron chi connectivity index (χ4n) is 5.84. The molecule has 1 aliphatic heterocycles. The highest BCUT2D eigenvalue weighted by Crippen LogP contribution is 2.72. The van der Waals surface area contributed by atoms with Crippen LogP contribution in [0.25, 0.3) is 10.8 Å². The average Bonchev–Trinajstić information content (AvgIpc) is 2.66. The van der Waals surface area contributed by atoms with Crippen LogP contribution in [-0.4, -0.2) is 0 Å². The normalized spacial score (nSPS) is 19.6. The van der Waals surface area contributed by atoms with Crippen molar-refractivity contribution in [2.75, 3.05) is 0 Å². The standard InChI is InChI=1S/C29H37P/c1-18(2)21-12-10-13-22(19(3)4)27(21)30-28(6,7)24-15-11-14-23-20(5)16-17-25(26(23)24)29(30,8)9/h10-19H,1-9H3. The Kier molecular flexibility index (Phi) is 5.18. The molecule has 0 radical (unpaired) electrons. The van der Waals surface area contributed by atoms with Gasteiger partial charge in [0.1, 0.15) is 0 Å². The predicted molar refractivity (Wildman–Crippen MR) is 136 cm³/mol. The summed E-state index contributed by atoms with van der Waals surface area (Å²) in [5, 5.41) is 4.82. The fraction of sp³-hybridized carbons (Fsp3) is 0.448. The van der Waals surface area contributed by atoms with Crippen LogP contribution < -0.4 is 5.30 Å². The van der Waals surface area contributed by atoms with E-state index in [4.69, 9.17) is 0 Å². The Morgan fingerprint density at radius 3 is 1.70 bits per heavy atom. The third-order valence-electron chi connectivity index (χ3n) is 7.26. The van der Waals surface area contributed by atoms with Crippen molar-refractivity contribution in [1.82, 2.24) is 0 Å². The van der Waals surface area contributed by atoms with Gasteiger partial charge in [0.15, 0.2) is 0 Å². The van der Waals surface area contributed by atoms with Crippen LogP contribution in [0.15, 0.2) is 48.5 Å². The lowest BCUT2D eigenvalue weighted by atomic mass is 9.85. The Labute approximate surface area is 184 Å². The minimum atomic E-state index is -0.482. The molecule has 0 N–H and O–H groups in total. The highest BCUT2D eigenvalue weighted by molar-refractivity contribution is 7.68. The second-order valence-corrected chi connectivity index (χ2v) is 14.1.